The summed E-state index contributed by atoms with van der Waals surface area (Å²) >= 11 is 0. The van der Waals surface area contributed by atoms with E-state index in [9.17, 15) is 0 Å². The van der Waals surface area contributed by atoms with Gasteiger partial charge in [0, 0.05) is 19.8 Å². The first-order chi connectivity index (χ1) is 6.11. The van der Waals surface area contributed by atoms with E-state index < -0.39 is 0 Å². The molecule has 1 aliphatic heterocycles. The molecule has 0 saturated carbocycles. The van der Waals surface area contributed by atoms with Crippen LogP contribution in [-0.4, -0.2) is 18.8 Å². The number of hydrogen-bond donors (Lipinski definition) is 1. The molecular weight excluding hydrogens is 162 g/mol. The van der Waals surface area contributed by atoms with Crippen LogP contribution in [0.2, 0.25) is 0 Å². The second-order valence-corrected chi connectivity index (χ2v) is 4.20. The van der Waals surface area contributed by atoms with E-state index >= 15 is 0 Å². The van der Waals surface area contributed by atoms with Crippen molar-refractivity contribution in [1.29, 1.82) is 0 Å². The molecule has 0 spiro atoms. The Morgan fingerprint density at radius 2 is 2.23 bits per heavy atom. The maximum Gasteiger partial charge on any atom is 0.0964 e. The first kappa shape index (κ1) is 10.6. The number of nitrogens with one attached hydrogen (secondary N) is 1. The Morgan fingerprint density at radius 1 is 1.54 bits per heavy atom. The second kappa shape index (κ2) is 4.66. The smallest absolute Gasteiger partial charge is 0.0964 e. The van der Waals surface area contributed by atoms with E-state index in [4.69, 9.17) is 4.74 Å². The molecule has 0 amide bonds. The van der Waals surface area contributed by atoms with Crippen molar-refractivity contribution in [2.24, 2.45) is 5.92 Å². The monoisotopic (exact) mass is 185 g/mol. The van der Waals surface area contributed by atoms with Crippen molar-refractivity contribution in [2.75, 3.05) is 6.61 Å². The van der Waals surface area contributed by atoms with Gasteiger partial charge in [0.15, 0.2) is 0 Å². The Morgan fingerprint density at radius 3 is 2.69 bits per heavy atom. The van der Waals surface area contributed by atoms with Gasteiger partial charge in [-0.1, -0.05) is 20.4 Å². The predicted octanol–water partition coefficient (Wildman–Crippen LogP) is 2.56. The summed E-state index contributed by atoms with van der Waals surface area (Å²) in [6.07, 6.45) is 2.54. The van der Waals surface area contributed by atoms with Gasteiger partial charge in [0.25, 0.3) is 0 Å². The van der Waals surface area contributed by atoms with Crippen molar-refractivity contribution in [3.05, 3.63) is 12.3 Å². The van der Waals surface area contributed by atoms with E-state index in [0.29, 0.717) is 12.0 Å². The summed E-state index contributed by atoms with van der Waals surface area (Å²) in [5.74, 6) is 0.637. The summed E-state index contributed by atoms with van der Waals surface area (Å²) in [7, 11) is 0. The number of ether oxygens (including phenoxy) is 1. The number of hydrogen-bond acceptors (Lipinski definition) is 2. The minimum absolute atomic E-state index is 0. The van der Waals surface area contributed by atoms with Crippen molar-refractivity contribution in [2.45, 2.75) is 45.8 Å². The molecule has 1 heterocycles. The molecule has 0 unspecified atom stereocenters. The van der Waals surface area contributed by atoms with Crippen LogP contribution in [0.5, 0.6) is 0 Å². The topological polar surface area (TPSA) is 21.3 Å². The van der Waals surface area contributed by atoms with Gasteiger partial charge in [-0.25, -0.2) is 0 Å². The molecule has 2 atom stereocenters. The van der Waals surface area contributed by atoms with Crippen LogP contribution < -0.4 is 5.32 Å². The third kappa shape index (κ3) is 3.03. The number of rotatable bonds is 4. The van der Waals surface area contributed by atoms with Crippen molar-refractivity contribution < 1.29 is 6.16 Å². The third-order valence-corrected chi connectivity index (χ3v) is 2.73. The van der Waals surface area contributed by atoms with Gasteiger partial charge in [0.2, 0.25) is 0 Å². The van der Waals surface area contributed by atoms with Gasteiger partial charge >= 0.3 is 0 Å². The maximum atomic E-state index is 5.53. The lowest BCUT2D eigenvalue weighted by Gasteiger charge is -2.23. The maximum absolute atomic E-state index is 5.53. The molecule has 2 heteroatoms. The van der Waals surface area contributed by atoms with E-state index in [1.165, 1.54) is 6.42 Å². The SMILES string of the molecule is C=C(N[C@H](C)C(C)C)[C@H]1CCCO1.[HH]. The lowest BCUT2D eigenvalue weighted by atomic mass is 10.1. The summed E-state index contributed by atoms with van der Waals surface area (Å²) in [6.45, 7) is 11.5. The fourth-order valence-electron chi connectivity index (χ4n) is 1.40. The normalized spacial score (nSPS) is 24.8. The molecule has 13 heavy (non-hydrogen) atoms. The molecule has 1 aliphatic rings. The second-order valence-electron chi connectivity index (χ2n) is 4.20. The zero-order chi connectivity index (χ0) is 9.84. The Hall–Kier alpha value is -0.500. The lowest BCUT2D eigenvalue weighted by molar-refractivity contribution is 0.129. The van der Waals surface area contributed by atoms with Crippen LogP contribution in [0, 0.1) is 5.92 Å². The average Bonchev–Trinajstić information content (AvgIpc) is 2.55. The first-order valence-corrected chi connectivity index (χ1v) is 5.18. The molecule has 1 fully saturated rings. The quantitative estimate of drug-likeness (QED) is 0.727. The molecule has 1 rings (SSSR count). The van der Waals surface area contributed by atoms with Gasteiger partial charge in [-0.15, -0.1) is 0 Å². The van der Waals surface area contributed by atoms with Crippen LogP contribution in [0.1, 0.15) is 35.0 Å². The standard InChI is InChI=1S/C11H21NO.H2/c1-8(2)9(3)12-10(4)11-6-5-7-13-11;/h8-9,11-12H,4-7H2,1-3H3;1H/t9-,11-;/m1./s1. The highest BCUT2D eigenvalue weighted by atomic mass is 16.5. The molecule has 78 valence electrons. The van der Waals surface area contributed by atoms with E-state index in [2.05, 4.69) is 32.7 Å². The van der Waals surface area contributed by atoms with E-state index in [0.717, 1.165) is 18.7 Å². The fraction of sp³-hybridized carbons (Fsp3) is 0.818. The molecule has 2 nitrogen and oxygen atoms in total. The minimum atomic E-state index is 0. The van der Waals surface area contributed by atoms with Crippen molar-refractivity contribution in [3.8, 4) is 0 Å². The Bertz CT molecular complexity index is 176. The molecule has 1 saturated heterocycles. The molecule has 0 aromatic rings. The van der Waals surface area contributed by atoms with Crippen LogP contribution in [0.25, 0.3) is 0 Å². The van der Waals surface area contributed by atoms with E-state index in [1.807, 2.05) is 0 Å². The fourth-order valence-corrected chi connectivity index (χ4v) is 1.40. The third-order valence-electron chi connectivity index (χ3n) is 2.73. The van der Waals surface area contributed by atoms with Crippen LogP contribution in [0.4, 0.5) is 0 Å². The summed E-state index contributed by atoms with van der Waals surface area (Å²) in [6, 6.07) is 0.483. The first-order valence-electron chi connectivity index (χ1n) is 5.18. The van der Waals surface area contributed by atoms with Gasteiger partial charge < -0.3 is 10.1 Å². The van der Waals surface area contributed by atoms with Crippen LogP contribution in [0.15, 0.2) is 12.3 Å². The lowest BCUT2D eigenvalue weighted by Crippen LogP contribution is -2.34. The predicted molar refractivity (Wildman–Crippen MR) is 57.7 cm³/mol. The highest BCUT2D eigenvalue weighted by Crippen LogP contribution is 2.18. The molecule has 1 N–H and O–H groups in total. The summed E-state index contributed by atoms with van der Waals surface area (Å²) in [5, 5.41) is 3.40. The molecule has 0 aliphatic carbocycles. The van der Waals surface area contributed by atoms with E-state index in [1.54, 1.807) is 0 Å². The van der Waals surface area contributed by atoms with Crippen LogP contribution in [0.3, 0.4) is 0 Å². The van der Waals surface area contributed by atoms with Crippen molar-refractivity contribution in [1.82, 2.24) is 5.32 Å². The Kier molecular flexibility index (Phi) is 3.79. The average molecular weight is 185 g/mol. The van der Waals surface area contributed by atoms with Crippen molar-refractivity contribution >= 4 is 0 Å². The molecular formula is C11H23NO. The Balaban J connectivity index is 0.00000169. The van der Waals surface area contributed by atoms with Crippen LogP contribution >= 0.6 is 0 Å². The van der Waals surface area contributed by atoms with E-state index in [-0.39, 0.29) is 7.53 Å². The summed E-state index contributed by atoms with van der Waals surface area (Å²) < 4.78 is 5.53. The highest BCUT2D eigenvalue weighted by Gasteiger charge is 2.20. The highest BCUT2D eigenvalue weighted by molar-refractivity contribution is 5.02. The molecule has 0 radical (unpaired) electrons. The largest absolute Gasteiger partial charge is 0.384 e. The van der Waals surface area contributed by atoms with Gasteiger partial charge in [-0.2, -0.15) is 0 Å². The summed E-state index contributed by atoms with van der Waals surface area (Å²) in [4.78, 5) is 0. The zero-order valence-electron chi connectivity index (χ0n) is 8.97. The van der Waals surface area contributed by atoms with Gasteiger partial charge in [0.05, 0.1) is 6.10 Å². The molecule has 0 bridgehead atoms. The minimum Gasteiger partial charge on any atom is -0.384 e. The Labute approximate surface area is 82.8 Å². The zero-order valence-corrected chi connectivity index (χ0v) is 8.97. The summed E-state index contributed by atoms with van der Waals surface area (Å²) in [5.41, 5.74) is 1.05. The molecule has 0 aromatic heterocycles. The van der Waals surface area contributed by atoms with Crippen LogP contribution in [-0.2, 0) is 4.74 Å². The van der Waals surface area contributed by atoms with Gasteiger partial charge in [-0.05, 0) is 25.7 Å². The van der Waals surface area contributed by atoms with Gasteiger partial charge in [-0.3, -0.25) is 0 Å². The van der Waals surface area contributed by atoms with Crippen molar-refractivity contribution in [3.63, 3.8) is 0 Å². The molecule has 0 aromatic carbocycles. The van der Waals surface area contributed by atoms with Gasteiger partial charge in [0.1, 0.15) is 0 Å².